The van der Waals surface area contributed by atoms with E-state index in [1.165, 1.54) is 11.8 Å². The number of carbonyl (C=O) groups excluding carboxylic acids is 1. The Labute approximate surface area is 155 Å². The van der Waals surface area contributed by atoms with Crippen LogP contribution in [0.2, 0.25) is 0 Å². The highest BCUT2D eigenvalue weighted by atomic mass is 32.2. The Morgan fingerprint density at radius 3 is 2.72 bits per heavy atom. The largest absolute Gasteiger partial charge is 0.417 e. The monoisotopic (exact) mass is 370 g/mol. The number of benzene rings is 2. The van der Waals surface area contributed by atoms with Crippen LogP contribution in [0.5, 0.6) is 5.75 Å². The van der Waals surface area contributed by atoms with Gasteiger partial charge in [0, 0.05) is 23.8 Å². The molecule has 6 heteroatoms. The number of aromatic nitrogens is 2. The van der Waals surface area contributed by atoms with Crippen molar-refractivity contribution in [2.75, 3.05) is 0 Å². The topological polar surface area (TPSA) is 44.1 Å². The summed E-state index contributed by atoms with van der Waals surface area (Å²) in [6.45, 7) is 2.84. The van der Waals surface area contributed by atoms with Crippen molar-refractivity contribution >= 4 is 28.3 Å². The van der Waals surface area contributed by atoms with Gasteiger partial charge < -0.3 is 8.75 Å². The molecule has 25 heavy (non-hydrogen) atoms. The molecule has 0 fully saturated rings. The Morgan fingerprint density at radius 2 is 1.96 bits per heavy atom. The highest BCUT2D eigenvalue weighted by Gasteiger charge is 2.11. The van der Waals surface area contributed by atoms with Crippen molar-refractivity contribution in [1.82, 2.24) is 9.55 Å². The van der Waals surface area contributed by atoms with Crippen molar-refractivity contribution in [3.63, 3.8) is 0 Å². The summed E-state index contributed by atoms with van der Waals surface area (Å²) in [5, 5.41) is 0. The molecule has 0 aliphatic carbocycles. The smallest absolute Gasteiger partial charge is 0.289 e. The lowest BCUT2D eigenvalue weighted by molar-refractivity contribution is 0.276. The maximum absolute atomic E-state index is 12.2. The SMILES string of the molecule is Cc1ccc(OSC(=O)Sc2ccccc2CCn2ccnc2)cc1. The van der Waals surface area contributed by atoms with Gasteiger partial charge in [-0.3, -0.25) is 4.79 Å². The number of carbonyl (C=O) groups is 1. The summed E-state index contributed by atoms with van der Waals surface area (Å²) in [4.78, 5) is 17.2. The summed E-state index contributed by atoms with van der Waals surface area (Å²) in [6.07, 6.45) is 6.35. The fourth-order valence-electron chi connectivity index (χ4n) is 2.26. The van der Waals surface area contributed by atoms with Gasteiger partial charge in [-0.25, -0.2) is 4.98 Å². The zero-order valence-electron chi connectivity index (χ0n) is 13.8. The lowest BCUT2D eigenvalue weighted by Gasteiger charge is -2.09. The van der Waals surface area contributed by atoms with Crippen molar-refractivity contribution in [3.05, 3.63) is 78.4 Å². The second-order valence-electron chi connectivity index (χ2n) is 5.49. The predicted octanol–water partition coefficient (Wildman–Crippen LogP) is 5.37. The van der Waals surface area contributed by atoms with Gasteiger partial charge in [0.1, 0.15) is 17.8 Å². The lowest BCUT2D eigenvalue weighted by atomic mass is 10.1. The van der Waals surface area contributed by atoms with Crippen LogP contribution in [0.15, 0.2) is 72.1 Å². The maximum atomic E-state index is 12.2. The molecule has 4 nitrogen and oxygen atoms in total. The van der Waals surface area contributed by atoms with Gasteiger partial charge in [-0.15, -0.1) is 0 Å². The van der Waals surface area contributed by atoms with Crippen LogP contribution in [-0.2, 0) is 13.0 Å². The number of nitrogens with zero attached hydrogens (tertiary/aromatic N) is 2. The Bertz CT molecular complexity index is 818. The summed E-state index contributed by atoms with van der Waals surface area (Å²) >= 11 is 2.07. The molecular formula is C19H18N2O2S2. The van der Waals surface area contributed by atoms with Crippen molar-refractivity contribution in [1.29, 1.82) is 0 Å². The third-order valence-corrected chi connectivity index (χ3v) is 5.24. The Kier molecular flexibility index (Phi) is 6.19. The minimum atomic E-state index is -0.0874. The quantitative estimate of drug-likeness (QED) is 0.431. The van der Waals surface area contributed by atoms with E-state index in [1.807, 2.05) is 60.2 Å². The summed E-state index contributed by atoms with van der Waals surface area (Å²) in [5.41, 5.74) is 2.30. The van der Waals surface area contributed by atoms with Gasteiger partial charge in [0.2, 0.25) is 0 Å². The summed E-state index contributed by atoms with van der Waals surface area (Å²) in [6, 6.07) is 15.6. The van der Waals surface area contributed by atoms with E-state index in [0.29, 0.717) is 5.75 Å². The van der Waals surface area contributed by atoms with Gasteiger partial charge >= 0.3 is 0 Å². The number of hydrogen-bond donors (Lipinski definition) is 0. The van der Waals surface area contributed by atoms with Crippen LogP contribution in [0.4, 0.5) is 4.79 Å². The fourth-order valence-corrected chi connectivity index (χ4v) is 3.67. The molecule has 1 heterocycles. The van der Waals surface area contributed by atoms with Gasteiger partial charge in [0.25, 0.3) is 4.45 Å². The minimum Gasteiger partial charge on any atom is -0.417 e. The third-order valence-electron chi connectivity index (χ3n) is 3.59. The summed E-state index contributed by atoms with van der Waals surface area (Å²) in [7, 11) is 0. The lowest BCUT2D eigenvalue weighted by Crippen LogP contribution is -2.00. The highest BCUT2D eigenvalue weighted by molar-refractivity contribution is 8.37. The van der Waals surface area contributed by atoms with E-state index in [9.17, 15) is 4.79 Å². The summed E-state index contributed by atoms with van der Waals surface area (Å²) < 4.78 is 7.43. The fraction of sp³-hybridized carbons (Fsp3) is 0.158. The molecule has 0 aliphatic rings. The molecule has 0 spiro atoms. The highest BCUT2D eigenvalue weighted by Crippen LogP contribution is 2.30. The van der Waals surface area contributed by atoms with Gasteiger partial charge in [-0.2, -0.15) is 0 Å². The van der Waals surface area contributed by atoms with Gasteiger partial charge in [-0.05, 0) is 48.9 Å². The molecule has 0 aliphatic heterocycles. The molecule has 0 bridgehead atoms. The Balaban J connectivity index is 1.56. The third kappa shape index (κ3) is 5.41. The van der Waals surface area contributed by atoms with E-state index in [2.05, 4.69) is 11.1 Å². The van der Waals surface area contributed by atoms with Crippen LogP contribution >= 0.6 is 23.8 Å². The Morgan fingerprint density at radius 1 is 1.16 bits per heavy atom. The molecule has 3 rings (SSSR count). The molecule has 2 aromatic carbocycles. The van der Waals surface area contributed by atoms with E-state index < -0.39 is 0 Å². The first-order valence-electron chi connectivity index (χ1n) is 7.87. The molecule has 0 saturated heterocycles. The molecule has 0 atom stereocenters. The van der Waals surface area contributed by atoms with E-state index in [1.54, 1.807) is 12.5 Å². The zero-order valence-corrected chi connectivity index (χ0v) is 15.4. The van der Waals surface area contributed by atoms with Crippen molar-refractivity contribution < 1.29 is 8.98 Å². The van der Waals surface area contributed by atoms with Crippen molar-refractivity contribution in [3.8, 4) is 5.75 Å². The van der Waals surface area contributed by atoms with E-state index in [-0.39, 0.29) is 4.45 Å². The number of rotatable bonds is 6. The summed E-state index contributed by atoms with van der Waals surface area (Å²) in [5.74, 6) is 0.679. The number of thioether (sulfide) groups is 1. The molecular weight excluding hydrogens is 352 g/mol. The van der Waals surface area contributed by atoms with Gasteiger partial charge in [-0.1, -0.05) is 35.9 Å². The van der Waals surface area contributed by atoms with Crippen LogP contribution in [0.25, 0.3) is 0 Å². The molecule has 0 amide bonds. The normalized spacial score (nSPS) is 10.6. The molecule has 0 radical (unpaired) electrons. The minimum absolute atomic E-state index is 0.0874. The van der Waals surface area contributed by atoms with Crippen molar-refractivity contribution in [2.45, 2.75) is 24.8 Å². The van der Waals surface area contributed by atoms with Crippen LogP contribution in [0, 0.1) is 6.92 Å². The maximum Gasteiger partial charge on any atom is 0.289 e. The van der Waals surface area contributed by atoms with Crippen LogP contribution < -0.4 is 4.18 Å². The molecule has 128 valence electrons. The van der Waals surface area contributed by atoms with Crippen LogP contribution in [0.3, 0.4) is 0 Å². The second-order valence-corrected chi connectivity index (χ2v) is 7.47. The molecule has 0 saturated carbocycles. The first kappa shape index (κ1) is 17.6. The molecule has 0 N–H and O–H groups in total. The predicted molar refractivity (Wildman–Crippen MR) is 103 cm³/mol. The Hall–Kier alpha value is -2.18. The van der Waals surface area contributed by atoms with E-state index in [4.69, 9.17) is 4.18 Å². The standard InChI is InChI=1S/C19H18N2O2S2/c1-15-6-8-17(9-7-15)23-25-19(22)24-18-5-3-2-4-16(18)10-12-21-13-11-20-14-21/h2-9,11,13-14H,10,12H2,1H3. The number of imidazole rings is 1. The van der Waals surface area contributed by atoms with Gasteiger partial charge in [0.15, 0.2) is 0 Å². The first-order chi connectivity index (χ1) is 12.2. The number of hydrogen-bond acceptors (Lipinski definition) is 5. The van der Waals surface area contributed by atoms with E-state index >= 15 is 0 Å². The first-order valence-corrected chi connectivity index (χ1v) is 9.43. The molecule has 1 aromatic heterocycles. The van der Waals surface area contributed by atoms with E-state index in [0.717, 1.165) is 41.0 Å². The van der Waals surface area contributed by atoms with Gasteiger partial charge in [0.05, 0.1) is 6.33 Å². The van der Waals surface area contributed by atoms with Crippen LogP contribution in [-0.4, -0.2) is 14.0 Å². The molecule has 3 aromatic rings. The average Bonchev–Trinajstić information content (AvgIpc) is 3.14. The zero-order chi connectivity index (χ0) is 17.5. The number of aryl methyl sites for hydroxylation is 3. The average molecular weight is 370 g/mol. The van der Waals surface area contributed by atoms with Crippen LogP contribution in [0.1, 0.15) is 11.1 Å². The van der Waals surface area contributed by atoms with Crippen molar-refractivity contribution in [2.24, 2.45) is 0 Å². The second kappa shape index (κ2) is 8.78. The molecule has 0 unspecified atom stereocenters.